The molecule has 9 nitrogen and oxygen atoms in total. The van der Waals surface area contributed by atoms with Gasteiger partial charge in [0.25, 0.3) is 5.91 Å². The van der Waals surface area contributed by atoms with Gasteiger partial charge in [-0.05, 0) is 32.9 Å². The average molecular weight is 378 g/mol. The Morgan fingerprint density at radius 3 is 1.85 bits per heavy atom. The summed E-state index contributed by atoms with van der Waals surface area (Å²) in [7, 11) is 0. The quantitative estimate of drug-likeness (QED) is 0.480. The number of hydrogen-bond acceptors (Lipinski definition) is 5. The summed E-state index contributed by atoms with van der Waals surface area (Å²) in [6.07, 6.45) is -0.680. The van der Waals surface area contributed by atoms with Gasteiger partial charge < -0.3 is 26.0 Å². The van der Waals surface area contributed by atoms with Gasteiger partial charge in [-0.1, -0.05) is 18.2 Å². The van der Waals surface area contributed by atoms with E-state index >= 15 is 0 Å². The number of benzene rings is 1. The van der Waals surface area contributed by atoms with Crippen LogP contribution in [0.2, 0.25) is 0 Å². The number of carbonyl (C=O) groups excluding carboxylic acids is 4. The molecule has 0 aliphatic heterocycles. The van der Waals surface area contributed by atoms with Crippen molar-refractivity contribution < 1.29 is 23.9 Å². The van der Waals surface area contributed by atoms with E-state index in [9.17, 15) is 19.2 Å². The van der Waals surface area contributed by atoms with Crippen LogP contribution in [0.4, 0.5) is 4.79 Å². The van der Waals surface area contributed by atoms with Crippen molar-refractivity contribution in [3.63, 3.8) is 0 Å². The van der Waals surface area contributed by atoms with E-state index in [0.717, 1.165) is 0 Å². The van der Waals surface area contributed by atoms with Crippen molar-refractivity contribution in [2.75, 3.05) is 26.2 Å². The van der Waals surface area contributed by atoms with Crippen LogP contribution in [0.25, 0.3) is 0 Å². The zero-order valence-corrected chi connectivity index (χ0v) is 15.8. The Hall–Kier alpha value is -3.10. The van der Waals surface area contributed by atoms with Crippen LogP contribution in [0, 0.1) is 0 Å². The fourth-order valence-corrected chi connectivity index (χ4v) is 1.85. The summed E-state index contributed by atoms with van der Waals surface area (Å²) in [4.78, 5) is 46.4. The largest absolute Gasteiger partial charge is 0.444 e. The molecular formula is C18H26N4O5. The minimum atomic E-state index is -0.680. The van der Waals surface area contributed by atoms with E-state index in [1.54, 1.807) is 51.1 Å². The Labute approximate surface area is 158 Å². The number of ether oxygens (including phenoxy) is 1. The Bertz CT molecular complexity index is 655. The van der Waals surface area contributed by atoms with E-state index in [-0.39, 0.29) is 38.0 Å². The van der Waals surface area contributed by atoms with Gasteiger partial charge in [0.05, 0.1) is 13.1 Å². The molecule has 148 valence electrons. The lowest BCUT2D eigenvalue weighted by Crippen LogP contribution is -2.43. The molecule has 0 atom stereocenters. The first-order valence-electron chi connectivity index (χ1n) is 8.51. The molecule has 27 heavy (non-hydrogen) atoms. The standard InChI is InChI=1S/C18H26N4O5/c1-18(2,3)27-17(26)22-12-15(24)20-10-9-19-14(23)11-21-16(25)13-7-5-4-6-8-13/h4-8H,9-12H2,1-3H3,(H,19,23)(H,20,24)(H,21,25)(H,22,26). The first-order valence-corrected chi connectivity index (χ1v) is 8.51. The monoisotopic (exact) mass is 378 g/mol. The van der Waals surface area contributed by atoms with Crippen molar-refractivity contribution in [3.05, 3.63) is 35.9 Å². The van der Waals surface area contributed by atoms with Gasteiger partial charge in [-0.3, -0.25) is 14.4 Å². The topological polar surface area (TPSA) is 126 Å². The van der Waals surface area contributed by atoms with Crippen molar-refractivity contribution in [1.29, 1.82) is 0 Å². The molecule has 9 heteroatoms. The normalized spacial score (nSPS) is 10.5. The van der Waals surface area contributed by atoms with Crippen LogP contribution in [0.15, 0.2) is 30.3 Å². The summed E-state index contributed by atoms with van der Waals surface area (Å²) in [5.74, 6) is -1.12. The second-order valence-electron chi connectivity index (χ2n) is 6.60. The molecule has 1 aromatic carbocycles. The summed E-state index contributed by atoms with van der Waals surface area (Å²) in [5, 5.41) is 9.92. The van der Waals surface area contributed by atoms with Crippen molar-refractivity contribution in [1.82, 2.24) is 21.3 Å². The minimum Gasteiger partial charge on any atom is -0.444 e. The third-order valence-electron chi connectivity index (χ3n) is 3.01. The number of nitrogens with one attached hydrogen (secondary N) is 4. The van der Waals surface area contributed by atoms with Crippen LogP contribution in [-0.2, 0) is 14.3 Å². The fourth-order valence-electron chi connectivity index (χ4n) is 1.85. The predicted octanol–water partition coefficient (Wildman–Crippen LogP) is 0.174. The first-order chi connectivity index (χ1) is 12.7. The number of rotatable bonds is 8. The van der Waals surface area contributed by atoms with E-state index in [2.05, 4.69) is 21.3 Å². The molecule has 4 amide bonds. The van der Waals surface area contributed by atoms with E-state index in [1.165, 1.54) is 0 Å². The third-order valence-corrected chi connectivity index (χ3v) is 3.01. The van der Waals surface area contributed by atoms with Crippen LogP contribution < -0.4 is 21.3 Å². The van der Waals surface area contributed by atoms with Gasteiger partial charge in [-0.25, -0.2) is 4.79 Å². The van der Waals surface area contributed by atoms with E-state index < -0.39 is 17.6 Å². The molecule has 0 saturated heterocycles. The summed E-state index contributed by atoms with van der Waals surface area (Å²) in [6.45, 7) is 5.15. The molecule has 0 bridgehead atoms. The summed E-state index contributed by atoms with van der Waals surface area (Å²) >= 11 is 0. The average Bonchev–Trinajstić information content (AvgIpc) is 2.61. The Morgan fingerprint density at radius 2 is 1.33 bits per heavy atom. The van der Waals surface area contributed by atoms with Gasteiger partial charge in [0.15, 0.2) is 0 Å². The maximum absolute atomic E-state index is 11.8. The molecule has 0 aromatic heterocycles. The third kappa shape index (κ3) is 10.5. The number of hydrogen-bond donors (Lipinski definition) is 4. The molecule has 0 radical (unpaired) electrons. The van der Waals surface area contributed by atoms with Crippen LogP contribution in [0.1, 0.15) is 31.1 Å². The van der Waals surface area contributed by atoms with Crippen LogP contribution in [0.3, 0.4) is 0 Å². The fraction of sp³-hybridized carbons (Fsp3) is 0.444. The predicted molar refractivity (Wildman–Crippen MR) is 99.0 cm³/mol. The van der Waals surface area contributed by atoms with Crippen molar-refractivity contribution in [2.24, 2.45) is 0 Å². The Kier molecular flexibility index (Phi) is 8.77. The molecule has 0 fully saturated rings. The Balaban J connectivity index is 2.11. The van der Waals surface area contributed by atoms with E-state index in [1.807, 2.05) is 0 Å². The van der Waals surface area contributed by atoms with Crippen LogP contribution in [0.5, 0.6) is 0 Å². The van der Waals surface area contributed by atoms with Gasteiger partial charge in [0, 0.05) is 18.7 Å². The zero-order valence-electron chi connectivity index (χ0n) is 15.8. The van der Waals surface area contributed by atoms with Gasteiger partial charge in [-0.15, -0.1) is 0 Å². The highest BCUT2D eigenvalue weighted by molar-refractivity contribution is 5.96. The second-order valence-corrected chi connectivity index (χ2v) is 6.60. The zero-order chi connectivity index (χ0) is 20.3. The summed E-state index contributed by atoms with van der Waals surface area (Å²) in [5.41, 5.74) is -0.170. The summed E-state index contributed by atoms with van der Waals surface area (Å²) < 4.78 is 5.00. The van der Waals surface area contributed by atoms with Gasteiger partial charge in [0.2, 0.25) is 11.8 Å². The van der Waals surface area contributed by atoms with E-state index in [4.69, 9.17) is 4.74 Å². The molecule has 0 heterocycles. The molecule has 0 aliphatic rings. The summed E-state index contributed by atoms with van der Waals surface area (Å²) in [6, 6.07) is 8.55. The van der Waals surface area contributed by atoms with Crippen LogP contribution in [-0.4, -0.2) is 55.6 Å². The molecule has 0 spiro atoms. The minimum absolute atomic E-state index is 0.165. The second kappa shape index (κ2) is 10.8. The first kappa shape index (κ1) is 21.9. The molecular weight excluding hydrogens is 352 g/mol. The van der Waals surface area contributed by atoms with Gasteiger partial charge in [0.1, 0.15) is 5.60 Å². The number of alkyl carbamates (subject to hydrolysis) is 1. The number of carbonyl (C=O) groups is 4. The maximum atomic E-state index is 11.8. The smallest absolute Gasteiger partial charge is 0.408 e. The molecule has 0 unspecified atom stereocenters. The van der Waals surface area contributed by atoms with Crippen molar-refractivity contribution in [3.8, 4) is 0 Å². The Morgan fingerprint density at radius 1 is 0.815 bits per heavy atom. The molecule has 4 N–H and O–H groups in total. The van der Waals surface area contributed by atoms with Crippen molar-refractivity contribution in [2.45, 2.75) is 26.4 Å². The highest BCUT2D eigenvalue weighted by Gasteiger charge is 2.16. The maximum Gasteiger partial charge on any atom is 0.408 e. The number of amides is 4. The van der Waals surface area contributed by atoms with Gasteiger partial charge in [-0.2, -0.15) is 0 Å². The van der Waals surface area contributed by atoms with Gasteiger partial charge >= 0.3 is 6.09 Å². The van der Waals surface area contributed by atoms with E-state index in [0.29, 0.717) is 5.56 Å². The van der Waals surface area contributed by atoms with Crippen molar-refractivity contribution >= 4 is 23.8 Å². The van der Waals surface area contributed by atoms with Crippen LogP contribution >= 0.6 is 0 Å². The lowest BCUT2D eigenvalue weighted by Gasteiger charge is -2.19. The highest BCUT2D eigenvalue weighted by Crippen LogP contribution is 2.05. The lowest BCUT2D eigenvalue weighted by atomic mass is 10.2. The SMILES string of the molecule is CC(C)(C)OC(=O)NCC(=O)NCCNC(=O)CNC(=O)c1ccccc1. The molecule has 0 aliphatic carbocycles. The highest BCUT2D eigenvalue weighted by atomic mass is 16.6. The molecule has 1 rings (SSSR count). The molecule has 0 saturated carbocycles. The molecule has 1 aromatic rings. The lowest BCUT2D eigenvalue weighted by molar-refractivity contribution is -0.121.